The van der Waals surface area contributed by atoms with Crippen molar-refractivity contribution in [3.63, 3.8) is 0 Å². The van der Waals surface area contributed by atoms with Gasteiger partial charge in [0, 0.05) is 30.8 Å². The maximum atomic E-state index is 9.62. The van der Waals surface area contributed by atoms with Gasteiger partial charge in [-0.05, 0) is 67.6 Å². The second kappa shape index (κ2) is 10.2. The van der Waals surface area contributed by atoms with E-state index >= 15 is 0 Å². The highest BCUT2D eigenvalue weighted by molar-refractivity contribution is 5.70. The number of methoxy groups -OCH3 is 1. The normalized spacial score (nSPS) is 14.4. The first kappa shape index (κ1) is 21.1. The minimum atomic E-state index is 0.231. The topological polar surface area (TPSA) is 79.7 Å². The van der Waals surface area contributed by atoms with Gasteiger partial charge in [0.15, 0.2) is 0 Å². The van der Waals surface area contributed by atoms with Crippen LogP contribution in [0.1, 0.15) is 6.42 Å². The number of phenolic OH excluding ortho intramolecular Hbond substituents is 1. The molecule has 0 bridgehead atoms. The standard InChI is InChI=1S/C24H28N4O3/c1-30-21-9-5-19(6-10-21)23-17-22(18-3-7-20(29)8-4-18)26-24(27-23)25-11-2-12-28-13-15-31-16-14-28/h3-10,17,29H,2,11-16H2,1H3,(H,25,26,27). The molecule has 4 rings (SSSR count). The van der Waals surface area contributed by atoms with Crippen LogP contribution < -0.4 is 10.1 Å². The molecule has 0 radical (unpaired) electrons. The lowest BCUT2D eigenvalue weighted by Crippen LogP contribution is -2.37. The second-order valence-corrected chi connectivity index (χ2v) is 7.47. The Morgan fingerprint density at radius 2 is 1.58 bits per heavy atom. The molecule has 1 fully saturated rings. The predicted octanol–water partition coefficient (Wildman–Crippen LogP) is 3.66. The molecule has 1 aliphatic rings. The Balaban J connectivity index is 1.52. The molecule has 162 valence electrons. The van der Waals surface area contributed by atoms with E-state index in [4.69, 9.17) is 19.4 Å². The lowest BCUT2D eigenvalue weighted by molar-refractivity contribution is 0.0378. The highest BCUT2D eigenvalue weighted by Gasteiger charge is 2.11. The number of ether oxygens (including phenoxy) is 2. The number of aromatic hydroxyl groups is 1. The molecule has 2 N–H and O–H groups in total. The fourth-order valence-electron chi connectivity index (χ4n) is 3.54. The van der Waals surface area contributed by atoms with Gasteiger partial charge < -0.3 is 19.9 Å². The summed E-state index contributed by atoms with van der Waals surface area (Å²) in [5, 5.41) is 13.0. The van der Waals surface area contributed by atoms with E-state index in [0.29, 0.717) is 5.95 Å². The Bertz CT molecular complexity index is 971. The van der Waals surface area contributed by atoms with Crippen molar-refractivity contribution in [3.8, 4) is 34.0 Å². The van der Waals surface area contributed by atoms with E-state index in [1.807, 2.05) is 42.5 Å². The van der Waals surface area contributed by atoms with Crippen molar-refractivity contribution in [2.24, 2.45) is 0 Å². The van der Waals surface area contributed by atoms with Gasteiger partial charge in [-0.25, -0.2) is 9.97 Å². The van der Waals surface area contributed by atoms with Gasteiger partial charge in [-0.2, -0.15) is 0 Å². The molecule has 1 saturated heterocycles. The number of morpholine rings is 1. The molecule has 7 heteroatoms. The van der Waals surface area contributed by atoms with Crippen molar-refractivity contribution < 1.29 is 14.6 Å². The van der Waals surface area contributed by atoms with Crippen LogP contribution in [-0.4, -0.2) is 66.5 Å². The van der Waals surface area contributed by atoms with Crippen LogP contribution in [0.5, 0.6) is 11.5 Å². The summed E-state index contributed by atoms with van der Waals surface area (Å²) < 4.78 is 10.7. The SMILES string of the molecule is COc1ccc(-c2cc(-c3ccc(O)cc3)nc(NCCCN3CCOCC3)n2)cc1. The number of nitrogens with one attached hydrogen (secondary N) is 1. The Hall–Kier alpha value is -3.16. The summed E-state index contributed by atoms with van der Waals surface area (Å²) in [7, 11) is 1.65. The van der Waals surface area contributed by atoms with Gasteiger partial charge >= 0.3 is 0 Å². The van der Waals surface area contributed by atoms with E-state index in [-0.39, 0.29) is 5.75 Å². The number of hydrogen-bond acceptors (Lipinski definition) is 7. The first-order chi connectivity index (χ1) is 15.2. The van der Waals surface area contributed by atoms with E-state index in [2.05, 4.69) is 10.2 Å². The highest BCUT2D eigenvalue weighted by Crippen LogP contribution is 2.27. The first-order valence-electron chi connectivity index (χ1n) is 10.6. The second-order valence-electron chi connectivity index (χ2n) is 7.47. The van der Waals surface area contributed by atoms with E-state index in [9.17, 15) is 5.11 Å². The van der Waals surface area contributed by atoms with Crippen LogP contribution in [0, 0.1) is 0 Å². The molecule has 31 heavy (non-hydrogen) atoms. The first-order valence-corrected chi connectivity index (χ1v) is 10.6. The molecule has 0 saturated carbocycles. The number of hydrogen-bond donors (Lipinski definition) is 2. The number of aromatic nitrogens is 2. The van der Waals surface area contributed by atoms with Gasteiger partial charge in [0.2, 0.25) is 5.95 Å². The van der Waals surface area contributed by atoms with Crippen molar-refractivity contribution >= 4 is 5.95 Å². The Morgan fingerprint density at radius 1 is 0.968 bits per heavy atom. The largest absolute Gasteiger partial charge is 0.508 e. The number of phenols is 1. The van der Waals surface area contributed by atoms with Crippen LogP contribution in [0.15, 0.2) is 54.6 Å². The molecular formula is C24H28N4O3. The molecule has 0 unspecified atom stereocenters. The van der Waals surface area contributed by atoms with Crippen LogP contribution >= 0.6 is 0 Å². The average Bonchev–Trinajstić information content (AvgIpc) is 2.83. The third-order valence-electron chi connectivity index (χ3n) is 5.31. The van der Waals surface area contributed by atoms with Gasteiger partial charge in [0.05, 0.1) is 31.7 Å². The minimum absolute atomic E-state index is 0.231. The lowest BCUT2D eigenvalue weighted by Gasteiger charge is -2.26. The van der Waals surface area contributed by atoms with Crippen LogP contribution in [0.4, 0.5) is 5.95 Å². The van der Waals surface area contributed by atoms with Crippen molar-refractivity contribution in [1.29, 1.82) is 0 Å². The zero-order valence-electron chi connectivity index (χ0n) is 17.8. The van der Waals surface area contributed by atoms with Gasteiger partial charge in [-0.15, -0.1) is 0 Å². The molecular weight excluding hydrogens is 392 g/mol. The van der Waals surface area contributed by atoms with Gasteiger partial charge in [0.1, 0.15) is 11.5 Å². The Kier molecular flexibility index (Phi) is 6.96. The Morgan fingerprint density at radius 3 is 2.19 bits per heavy atom. The summed E-state index contributed by atoms with van der Waals surface area (Å²) >= 11 is 0. The smallest absolute Gasteiger partial charge is 0.223 e. The maximum absolute atomic E-state index is 9.62. The van der Waals surface area contributed by atoms with Crippen molar-refractivity contribution in [2.75, 3.05) is 51.8 Å². The van der Waals surface area contributed by atoms with Crippen LogP contribution in [0.2, 0.25) is 0 Å². The quantitative estimate of drug-likeness (QED) is 0.539. The molecule has 2 heterocycles. The van der Waals surface area contributed by atoms with Crippen LogP contribution in [-0.2, 0) is 4.74 Å². The maximum Gasteiger partial charge on any atom is 0.223 e. The number of rotatable bonds is 8. The molecule has 0 aliphatic carbocycles. The molecule has 0 atom stereocenters. The summed E-state index contributed by atoms with van der Waals surface area (Å²) in [6.45, 7) is 5.44. The molecule has 1 aliphatic heterocycles. The fraction of sp³-hybridized carbons (Fsp3) is 0.333. The summed E-state index contributed by atoms with van der Waals surface area (Å²) in [5.74, 6) is 1.63. The molecule has 1 aromatic heterocycles. The van der Waals surface area contributed by atoms with Crippen LogP contribution in [0.3, 0.4) is 0 Å². The molecule has 0 spiro atoms. The van der Waals surface area contributed by atoms with Gasteiger partial charge in [0.25, 0.3) is 0 Å². The fourth-order valence-corrected chi connectivity index (χ4v) is 3.54. The van der Waals surface area contributed by atoms with E-state index in [1.165, 1.54) is 0 Å². The molecule has 7 nitrogen and oxygen atoms in total. The van der Waals surface area contributed by atoms with Crippen molar-refractivity contribution in [1.82, 2.24) is 14.9 Å². The monoisotopic (exact) mass is 420 g/mol. The summed E-state index contributed by atoms with van der Waals surface area (Å²) in [4.78, 5) is 11.9. The van der Waals surface area contributed by atoms with Crippen molar-refractivity contribution in [2.45, 2.75) is 6.42 Å². The van der Waals surface area contributed by atoms with Crippen LogP contribution in [0.25, 0.3) is 22.5 Å². The summed E-state index contributed by atoms with van der Waals surface area (Å²) in [6, 6.07) is 16.8. The third-order valence-corrected chi connectivity index (χ3v) is 5.31. The summed E-state index contributed by atoms with van der Waals surface area (Å²) in [6.07, 6.45) is 1.00. The van der Waals surface area contributed by atoms with Gasteiger partial charge in [-0.1, -0.05) is 0 Å². The number of nitrogens with zero attached hydrogens (tertiary/aromatic N) is 3. The average molecular weight is 421 g/mol. The number of benzene rings is 2. The van der Waals surface area contributed by atoms with E-state index < -0.39 is 0 Å². The zero-order chi connectivity index (χ0) is 21.5. The molecule has 2 aromatic carbocycles. The van der Waals surface area contributed by atoms with Crippen molar-refractivity contribution in [3.05, 3.63) is 54.6 Å². The van der Waals surface area contributed by atoms with E-state index in [1.54, 1.807) is 19.2 Å². The van der Waals surface area contributed by atoms with E-state index in [0.717, 1.165) is 74.1 Å². The minimum Gasteiger partial charge on any atom is -0.508 e. The molecule has 3 aromatic rings. The number of anilines is 1. The third kappa shape index (κ3) is 5.71. The zero-order valence-corrected chi connectivity index (χ0v) is 17.8. The van der Waals surface area contributed by atoms with Gasteiger partial charge in [-0.3, -0.25) is 4.90 Å². The lowest BCUT2D eigenvalue weighted by atomic mass is 10.1. The molecule has 0 amide bonds. The summed E-state index contributed by atoms with van der Waals surface area (Å²) in [5.41, 5.74) is 3.54. The Labute approximate surface area is 182 Å². The highest BCUT2D eigenvalue weighted by atomic mass is 16.5. The predicted molar refractivity (Wildman–Crippen MR) is 121 cm³/mol.